The molecule has 4 N–H and O–H groups in total. The molecule has 1 aromatic carbocycles. The number of benzene rings is 1. The maximum absolute atomic E-state index is 12.5. The first-order chi connectivity index (χ1) is 17.5. The number of aliphatic hydroxyl groups excluding tert-OH is 2. The maximum Gasteiger partial charge on any atom is 0.430 e. The number of aromatic nitrogens is 2. The van der Waals surface area contributed by atoms with Gasteiger partial charge >= 0.3 is 6.18 Å². The third-order valence-electron chi connectivity index (χ3n) is 6.26. The van der Waals surface area contributed by atoms with Gasteiger partial charge in [-0.05, 0) is 31.9 Å². The Hall–Kier alpha value is -2.94. The first-order valence-electron chi connectivity index (χ1n) is 11.9. The van der Waals surface area contributed by atoms with Crippen LogP contribution in [0.3, 0.4) is 0 Å². The molecular formula is C23H31F3N4O7. The van der Waals surface area contributed by atoms with Gasteiger partial charge in [0.25, 0.3) is 11.7 Å². The number of rotatable bonds is 7. The van der Waals surface area contributed by atoms with Gasteiger partial charge in [0.1, 0.15) is 12.5 Å². The van der Waals surface area contributed by atoms with Gasteiger partial charge in [0, 0.05) is 19.7 Å². The molecule has 0 spiro atoms. The molecule has 4 rings (SSSR count). The predicted molar refractivity (Wildman–Crippen MR) is 120 cm³/mol. The third kappa shape index (κ3) is 6.69. The lowest BCUT2D eigenvalue weighted by atomic mass is 10.2. The number of halogens is 3. The summed E-state index contributed by atoms with van der Waals surface area (Å²) >= 11 is 0. The van der Waals surface area contributed by atoms with Crippen molar-refractivity contribution in [2.75, 3.05) is 26.3 Å². The first kappa shape index (κ1) is 28.6. The van der Waals surface area contributed by atoms with Crippen molar-refractivity contribution in [3.8, 4) is 5.75 Å². The summed E-state index contributed by atoms with van der Waals surface area (Å²) in [6.45, 7) is 4.79. The van der Waals surface area contributed by atoms with Crippen molar-refractivity contribution in [2.45, 2.75) is 63.9 Å². The van der Waals surface area contributed by atoms with Crippen LogP contribution >= 0.6 is 0 Å². The second-order valence-electron chi connectivity index (χ2n) is 8.74. The van der Waals surface area contributed by atoms with E-state index < -0.39 is 24.4 Å². The SMILES string of the molecule is CC[n+]1c(CN)n(C[C@@H]2CCCO2)c2cccc(OCC(=O)N3C[C@H](O)[C@@H](O)C3)c21.O=C([O-])C(F)(F)F. The number of fused-ring (bicyclic) bond motifs is 1. The number of imidazole rings is 1. The minimum Gasteiger partial charge on any atom is -0.542 e. The van der Waals surface area contributed by atoms with E-state index in [4.69, 9.17) is 25.1 Å². The second-order valence-corrected chi connectivity index (χ2v) is 8.74. The average molecular weight is 533 g/mol. The van der Waals surface area contributed by atoms with Gasteiger partial charge in [-0.15, -0.1) is 0 Å². The molecule has 1 aromatic heterocycles. The zero-order valence-corrected chi connectivity index (χ0v) is 20.3. The normalized spacial score (nSPS) is 21.7. The van der Waals surface area contributed by atoms with Crippen molar-refractivity contribution in [3.05, 3.63) is 24.0 Å². The summed E-state index contributed by atoms with van der Waals surface area (Å²) in [5, 5.41) is 28.1. The summed E-state index contributed by atoms with van der Waals surface area (Å²) in [5.74, 6) is -1.66. The second kappa shape index (κ2) is 12.1. The molecule has 2 fully saturated rings. The summed E-state index contributed by atoms with van der Waals surface area (Å²) in [6.07, 6.45) is -4.72. The molecule has 0 aliphatic carbocycles. The Morgan fingerprint density at radius 2 is 1.92 bits per heavy atom. The molecule has 37 heavy (non-hydrogen) atoms. The van der Waals surface area contributed by atoms with Gasteiger partial charge in [-0.1, -0.05) is 6.07 Å². The number of ether oxygens (including phenoxy) is 2. The summed E-state index contributed by atoms with van der Waals surface area (Å²) in [4.78, 5) is 22.7. The highest BCUT2D eigenvalue weighted by atomic mass is 19.4. The summed E-state index contributed by atoms with van der Waals surface area (Å²) in [6, 6.07) is 5.81. The Balaban J connectivity index is 0.000000479. The number of amides is 1. The number of alkyl halides is 3. The van der Waals surface area contributed by atoms with E-state index in [0.717, 1.165) is 49.4 Å². The molecule has 0 bridgehead atoms. The molecule has 2 saturated heterocycles. The molecule has 1 amide bonds. The molecule has 0 radical (unpaired) electrons. The third-order valence-corrected chi connectivity index (χ3v) is 6.26. The highest BCUT2D eigenvalue weighted by Crippen LogP contribution is 2.27. The number of para-hydroxylation sites is 1. The topological polar surface area (TPSA) is 154 Å². The van der Waals surface area contributed by atoms with Gasteiger partial charge in [0.15, 0.2) is 17.9 Å². The van der Waals surface area contributed by atoms with Crippen molar-refractivity contribution in [1.82, 2.24) is 9.47 Å². The molecule has 206 valence electrons. The van der Waals surface area contributed by atoms with Crippen molar-refractivity contribution in [2.24, 2.45) is 5.73 Å². The molecule has 11 nitrogen and oxygen atoms in total. The number of hydrogen-bond acceptors (Lipinski definition) is 8. The zero-order valence-electron chi connectivity index (χ0n) is 20.3. The quantitative estimate of drug-likeness (QED) is 0.377. The Kier molecular flexibility index (Phi) is 9.34. The van der Waals surface area contributed by atoms with Crippen LogP contribution in [-0.4, -0.2) is 82.3 Å². The Morgan fingerprint density at radius 3 is 2.43 bits per heavy atom. The van der Waals surface area contributed by atoms with E-state index in [-0.39, 0.29) is 31.7 Å². The molecular weight excluding hydrogens is 501 g/mol. The maximum atomic E-state index is 12.5. The number of carbonyl (C=O) groups excluding carboxylic acids is 2. The van der Waals surface area contributed by atoms with Gasteiger partial charge in [0.2, 0.25) is 5.52 Å². The van der Waals surface area contributed by atoms with E-state index in [9.17, 15) is 28.2 Å². The lowest BCUT2D eigenvalue weighted by Crippen LogP contribution is -2.39. The molecule has 3 heterocycles. The van der Waals surface area contributed by atoms with E-state index in [1.165, 1.54) is 4.90 Å². The van der Waals surface area contributed by atoms with Crippen molar-refractivity contribution in [1.29, 1.82) is 0 Å². The molecule has 2 aliphatic heterocycles. The largest absolute Gasteiger partial charge is 0.542 e. The fourth-order valence-corrected chi connectivity index (χ4v) is 4.49. The standard InChI is InChI=1S/C21H31N4O5.C2HF3O2/c1-2-24-19(9-22)25(10-14-5-4-8-29-14)15-6-3-7-18(21(15)24)30-13-20(28)23-11-16(26)17(27)12-23;3-2(4,5)1(6)7/h3,6-7,14,16-17,26-27H,2,4-5,8-13,22H2,1H3;(H,6,7)/q+1;/p-1/t14-,16-,17-;/m0./s1. The first-order valence-corrected chi connectivity index (χ1v) is 11.9. The van der Waals surface area contributed by atoms with E-state index in [1.54, 1.807) is 0 Å². The lowest BCUT2D eigenvalue weighted by Gasteiger charge is -2.15. The number of nitrogens with two attached hydrogens (primary N) is 1. The van der Waals surface area contributed by atoms with Crippen LogP contribution in [0.5, 0.6) is 5.75 Å². The smallest absolute Gasteiger partial charge is 0.430 e. The number of likely N-dealkylation sites (tertiary alicyclic amines) is 1. The van der Waals surface area contributed by atoms with Crippen LogP contribution in [0, 0.1) is 0 Å². The number of carboxylic acids is 1. The van der Waals surface area contributed by atoms with Gasteiger partial charge in [-0.2, -0.15) is 13.2 Å². The number of β-amino-alcohol motifs (C(OH)–C–C–N with tert-alkyl or cyclic N) is 2. The molecule has 2 aromatic rings. The number of aliphatic hydroxyl groups is 2. The summed E-state index contributed by atoms with van der Waals surface area (Å²) in [5.41, 5.74) is 8.03. The fraction of sp³-hybridized carbons (Fsp3) is 0.609. The van der Waals surface area contributed by atoms with E-state index in [0.29, 0.717) is 12.3 Å². The molecule has 2 aliphatic rings. The Labute approximate surface area is 210 Å². The van der Waals surface area contributed by atoms with E-state index >= 15 is 0 Å². The predicted octanol–water partition coefficient (Wildman–Crippen LogP) is -1.17. The van der Waals surface area contributed by atoms with Gasteiger partial charge in [0.05, 0.1) is 31.4 Å². The van der Waals surface area contributed by atoms with E-state index in [1.807, 2.05) is 18.2 Å². The number of hydrogen-bond donors (Lipinski definition) is 3. The highest BCUT2D eigenvalue weighted by Gasteiger charge is 2.33. The van der Waals surface area contributed by atoms with Crippen LogP contribution in [0.15, 0.2) is 18.2 Å². The fourth-order valence-electron chi connectivity index (χ4n) is 4.49. The number of carboxylic acid groups (broad SMARTS) is 1. The average Bonchev–Trinajstić information content (AvgIpc) is 3.56. The van der Waals surface area contributed by atoms with Crippen molar-refractivity contribution >= 4 is 22.9 Å². The van der Waals surface area contributed by atoms with Crippen molar-refractivity contribution in [3.63, 3.8) is 0 Å². The monoisotopic (exact) mass is 532 g/mol. The van der Waals surface area contributed by atoms with Crippen LogP contribution in [0.4, 0.5) is 13.2 Å². The minimum absolute atomic E-state index is 0.123. The number of aryl methyl sites for hydroxylation is 1. The number of aliphatic carboxylic acids is 1. The van der Waals surface area contributed by atoms with Gasteiger partial charge < -0.3 is 40.2 Å². The lowest BCUT2D eigenvalue weighted by molar-refractivity contribution is -0.676. The van der Waals surface area contributed by atoms with Gasteiger partial charge in [-0.3, -0.25) is 4.79 Å². The highest BCUT2D eigenvalue weighted by molar-refractivity contribution is 5.81. The minimum atomic E-state index is -5.19. The Morgan fingerprint density at radius 1 is 1.27 bits per heavy atom. The molecule has 14 heteroatoms. The van der Waals surface area contributed by atoms with Crippen LogP contribution < -0.4 is 20.1 Å². The molecule has 0 saturated carbocycles. The summed E-state index contributed by atoms with van der Waals surface area (Å²) < 4.78 is 47.7. The number of nitrogens with zero attached hydrogens (tertiary/aromatic N) is 3. The van der Waals surface area contributed by atoms with E-state index in [2.05, 4.69) is 16.1 Å². The zero-order chi connectivity index (χ0) is 27.3. The molecule has 3 atom stereocenters. The van der Waals surface area contributed by atoms with Crippen LogP contribution in [-0.2, 0) is 34.0 Å². The van der Waals surface area contributed by atoms with Crippen LogP contribution in [0.2, 0.25) is 0 Å². The van der Waals surface area contributed by atoms with Gasteiger partial charge in [-0.25, -0.2) is 9.13 Å². The van der Waals surface area contributed by atoms with Crippen molar-refractivity contribution < 1.29 is 52.1 Å². The summed E-state index contributed by atoms with van der Waals surface area (Å²) in [7, 11) is 0. The molecule has 0 unspecified atom stereocenters. The number of carbonyl (C=O) groups is 2. The van der Waals surface area contributed by atoms with Crippen LogP contribution in [0.25, 0.3) is 11.0 Å². The van der Waals surface area contributed by atoms with Crippen LogP contribution in [0.1, 0.15) is 25.6 Å². The Bertz CT molecular complexity index is 1090.